The SMILES string of the molecule is CCOc1ccc(S(=O)(=O)N(CC(=O)NCc2ccncc2)C2CCCCC2)cc1. The van der Waals surface area contributed by atoms with Crippen LogP contribution in [0.5, 0.6) is 5.75 Å². The van der Waals surface area contributed by atoms with E-state index in [0.717, 1.165) is 37.7 Å². The van der Waals surface area contributed by atoms with Crippen LogP contribution in [0.2, 0.25) is 0 Å². The zero-order chi connectivity index (χ0) is 21.4. The van der Waals surface area contributed by atoms with Gasteiger partial charge in [0.1, 0.15) is 5.75 Å². The fourth-order valence-corrected chi connectivity index (χ4v) is 5.33. The molecule has 0 unspecified atom stereocenters. The van der Waals surface area contributed by atoms with Gasteiger partial charge in [0.15, 0.2) is 0 Å². The van der Waals surface area contributed by atoms with Crippen LogP contribution in [-0.4, -0.2) is 42.8 Å². The molecule has 1 fully saturated rings. The molecule has 7 nitrogen and oxygen atoms in total. The molecule has 0 bridgehead atoms. The lowest BCUT2D eigenvalue weighted by Gasteiger charge is -2.33. The Labute approximate surface area is 178 Å². The largest absolute Gasteiger partial charge is 0.494 e. The van der Waals surface area contributed by atoms with Crippen molar-refractivity contribution < 1.29 is 17.9 Å². The number of pyridine rings is 1. The number of benzene rings is 1. The molecule has 1 aromatic carbocycles. The summed E-state index contributed by atoms with van der Waals surface area (Å²) in [6.45, 7) is 2.53. The third kappa shape index (κ3) is 5.79. The lowest BCUT2D eigenvalue weighted by atomic mass is 9.95. The first-order valence-corrected chi connectivity index (χ1v) is 11.8. The summed E-state index contributed by atoms with van der Waals surface area (Å²) >= 11 is 0. The Kier molecular flexibility index (Phi) is 7.81. The normalized spacial score (nSPS) is 15.1. The van der Waals surface area contributed by atoms with Gasteiger partial charge in [0.2, 0.25) is 15.9 Å². The smallest absolute Gasteiger partial charge is 0.243 e. The van der Waals surface area contributed by atoms with E-state index in [4.69, 9.17) is 4.74 Å². The Bertz CT molecular complexity index is 911. The Hall–Kier alpha value is -2.45. The van der Waals surface area contributed by atoms with Crippen LogP contribution < -0.4 is 10.1 Å². The number of ether oxygens (including phenoxy) is 1. The molecular formula is C22H29N3O4S. The quantitative estimate of drug-likeness (QED) is 0.659. The number of nitrogens with one attached hydrogen (secondary N) is 1. The van der Waals surface area contributed by atoms with E-state index in [9.17, 15) is 13.2 Å². The van der Waals surface area contributed by atoms with Gasteiger partial charge < -0.3 is 10.1 Å². The van der Waals surface area contributed by atoms with Crippen molar-refractivity contribution in [1.29, 1.82) is 0 Å². The van der Waals surface area contributed by atoms with Crippen LogP contribution in [0.25, 0.3) is 0 Å². The zero-order valence-electron chi connectivity index (χ0n) is 17.3. The first-order chi connectivity index (χ1) is 14.5. The summed E-state index contributed by atoms with van der Waals surface area (Å²) in [7, 11) is -3.80. The molecule has 1 saturated carbocycles. The number of sulfonamides is 1. The fourth-order valence-electron chi connectivity index (χ4n) is 3.69. The Morgan fingerprint density at radius 1 is 1.10 bits per heavy atom. The summed E-state index contributed by atoms with van der Waals surface area (Å²) in [5.41, 5.74) is 0.914. The van der Waals surface area contributed by atoms with E-state index in [1.54, 1.807) is 36.7 Å². The van der Waals surface area contributed by atoms with Gasteiger partial charge in [-0.1, -0.05) is 19.3 Å². The molecule has 8 heteroatoms. The zero-order valence-corrected chi connectivity index (χ0v) is 18.1. The molecule has 1 aromatic heterocycles. The summed E-state index contributed by atoms with van der Waals surface area (Å²) in [6, 6.07) is 9.86. The molecular weight excluding hydrogens is 402 g/mol. The highest BCUT2D eigenvalue weighted by atomic mass is 32.2. The number of rotatable bonds is 9. The maximum absolute atomic E-state index is 13.4. The number of aromatic nitrogens is 1. The van der Waals surface area contributed by atoms with E-state index in [1.165, 1.54) is 4.31 Å². The molecule has 1 amide bonds. The summed E-state index contributed by atoms with van der Waals surface area (Å²) in [6.07, 6.45) is 7.90. The van der Waals surface area contributed by atoms with E-state index in [2.05, 4.69) is 10.3 Å². The van der Waals surface area contributed by atoms with E-state index < -0.39 is 10.0 Å². The molecule has 0 atom stereocenters. The number of hydrogen-bond donors (Lipinski definition) is 1. The Balaban J connectivity index is 1.76. The van der Waals surface area contributed by atoms with Crippen LogP contribution in [0.3, 0.4) is 0 Å². The second kappa shape index (κ2) is 10.5. The van der Waals surface area contributed by atoms with Gasteiger partial charge in [-0.05, 0) is 61.7 Å². The van der Waals surface area contributed by atoms with Gasteiger partial charge in [-0.3, -0.25) is 9.78 Å². The van der Waals surface area contributed by atoms with E-state index in [-0.39, 0.29) is 23.4 Å². The van der Waals surface area contributed by atoms with E-state index in [0.29, 0.717) is 18.9 Å². The van der Waals surface area contributed by atoms with Gasteiger partial charge in [-0.25, -0.2) is 8.42 Å². The van der Waals surface area contributed by atoms with Crippen molar-refractivity contribution in [2.45, 2.75) is 56.5 Å². The van der Waals surface area contributed by atoms with Gasteiger partial charge >= 0.3 is 0 Å². The predicted octanol–water partition coefficient (Wildman–Crippen LogP) is 3.12. The van der Waals surface area contributed by atoms with Gasteiger partial charge in [0, 0.05) is 25.0 Å². The standard InChI is InChI=1S/C22H29N3O4S/c1-2-29-20-8-10-21(11-9-20)30(27,28)25(19-6-4-3-5-7-19)17-22(26)24-16-18-12-14-23-15-13-18/h8-15,19H,2-7,16-17H2,1H3,(H,24,26). The van der Waals surface area contributed by atoms with E-state index in [1.807, 2.05) is 19.1 Å². The molecule has 2 aromatic rings. The summed E-state index contributed by atoms with van der Waals surface area (Å²) in [5.74, 6) is 0.308. The highest BCUT2D eigenvalue weighted by Crippen LogP contribution is 2.28. The Morgan fingerprint density at radius 3 is 2.40 bits per heavy atom. The van der Waals surface area contributed by atoms with Crippen LogP contribution in [-0.2, 0) is 21.4 Å². The average molecular weight is 432 g/mol. The van der Waals surface area contributed by atoms with Crippen LogP contribution in [0.15, 0.2) is 53.7 Å². The number of carbonyl (C=O) groups is 1. The maximum Gasteiger partial charge on any atom is 0.243 e. The van der Waals surface area contributed by atoms with Gasteiger partial charge in [-0.2, -0.15) is 4.31 Å². The number of carbonyl (C=O) groups excluding carboxylic acids is 1. The lowest BCUT2D eigenvalue weighted by molar-refractivity contribution is -0.121. The minimum atomic E-state index is -3.80. The van der Waals surface area contributed by atoms with Crippen LogP contribution in [0, 0.1) is 0 Å². The number of nitrogens with zero attached hydrogens (tertiary/aromatic N) is 2. The molecule has 1 heterocycles. The molecule has 0 spiro atoms. The van der Waals surface area contributed by atoms with Crippen molar-refractivity contribution in [1.82, 2.24) is 14.6 Å². The third-order valence-electron chi connectivity index (χ3n) is 5.26. The van der Waals surface area contributed by atoms with Gasteiger partial charge in [-0.15, -0.1) is 0 Å². The molecule has 162 valence electrons. The topological polar surface area (TPSA) is 88.6 Å². The molecule has 1 N–H and O–H groups in total. The Morgan fingerprint density at radius 2 is 1.77 bits per heavy atom. The molecule has 30 heavy (non-hydrogen) atoms. The second-order valence-corrected chi connectivity index (χ2v) is 9.27. The highest BCUT2D eigenvalue weighted by Gasteiger charge is 2.33. The maximum atomic E-state index is 13.4. The molecule has 1 aliphatic rings. The van der Waals surface area contributed by atoms with Crippen LogP contribution >= 0.6 is 0 Å². The van der Waals surface area contributed by atoms with Crippen LogP contribution in [0.1, 0.15) is 44.6 Å². The van der Waals surface area contributed by atoms with Crippen molar-refractivity contribution in [2.75, 3.05) is 13.2 Å². The molecule has 0 saturated heterocycles. The predicted molar refractivity (Wildman–Crippen MR) is 114 cm³/mol. The molecule has 0 radical (unpaired) electrons. The first-order valence-electron chi connectivity index (χ1n) is 10.4. The summed E-state index contributed by atoms with van der Waals surface area (Å²) in [4.78, 5) is 16.8. The number of amides is 1. The summed E-state index contributed by atoms with van der Waals surface area (Å²) in [5, 5.41) is 2.83. The van der Waals surface area contributed by atoms with Crippen molar-refractivity contribution >= 4 is 15.9 Å². The van der Waals surface area contributed by atoms with Gasteiger partial charge in [0.05, 0.1) is 18.0 Å². The highest BCUT2D eigenvalue weighted by molar-refractivity contribution is 7.89. The van der Waals surface area contributed by atoms with Crippen LogP contribution in [0.4, 0.5) is 0 Å². The van der Waals surface area contributed by atoms with Crippen molar-refractivity contribution in [2.24, 2.45) is 0 Å². The second-order valence-electron chi connectivity index (χ2n) is 7.38. The van der Waals surface area contributed by atoms with Crippen molar-refractivity contribution in [3.8, 4) is 5.75 Å². The van der Waals surface area contributed by atoms with Crippen molar-refractivity contribution in [3.63, 3.8) is 0 Å². The first kappa shape index (κ1) is 22.2. The molecule has 0 aliphatic heterocycles. The fraction of sp³-hybridized carbons (Fsp3) is 0.455. The summed E-state index contributed by atoms with van der Waals surface area (Å²) < 4.78 is 33.6. The number of hydrogen-bond acceptors (Lipinski definition) is 5. The minimum Gasteiger partial charge on any atom is -0.494 e. The molecule has 3 rings (SSSR count). The van der Waals surface area contributed by atoms with Crippen molar-refractivity contribution in [3.05, 3.63) is 54.4 Å². The molecule has 1 aliphatic carbocycles. The minimum absolute atomic E-state index is 0.165. The van der Waals surface area contributed by atoms with Gasteiger partial charge in [0.25, 0.3) is 0 Å². The third-order valence-corrected chi connectivity index (χ3v) is 7.17. The van der Waals surface area contributed by atoms with E-state index >= 15 is 0 Å². The lowest BCUT2D eigenvalue weighted by Crippen LogP contribution is -2.46. The average Bonchev–Trinajstić information content (AvgIpc) is 2.78. The monoisotopic (exact) mass is 431 g/mol.